The van der Waals surface area contributed by atoms with Gasteiger partial charge in [0.15, 0.2) is 6.19 Å². The number of aromatic nitrogens is 4. The van der Waals surface area contributed by atoms with E-state index in [4.69, 9.17) is 11.6 Å². The second-order valence-corrected chi connectivity index (χ2v) is 7.13. The number of benzene rings is 2. The first kappa shape index (κ1) is 19.5. The molecule has 0 bridgehead atoms. The number of nitrogens with one attached hydrogen (secondary N) is 1. The number of rotatable bonds is 4. The maximum atomic E-state index is 13.7. The Morgan fingerprint density at radius 1 is 1.33 bits per heavy atom. The predicted molar refractivity (Wildman–Crippen MR) is 108 cm³/mol. The Labute approximate surface area is 174 Å². The number of imidazole rings is 1. The first-order valence-electron chi connectivity index (χ1n) is 8.85. The van der Waals surface area contributed by atoms with Crippen molar-refractivity contribution in [2.45, 2.75) is 20.0 Å². The molecule has 0 fully saturated rings. The molecule has 0 spiro atoms. The molecule has 2 heterocycles. The molecule has 0 aliphatic rings. The Balaban J connectivity index is 1.62. The van der Waals surface area contributed by atoms with Gasteiger partial charge in [-0.2, -0.15) is 5.26 Å². The summed E-state index contributed by atoms with van der Waals surface area (Å²) < 4.78 is 14.9. The van der Waals surface area contributed by atoms with Gasteiger partial charge in [0.2, 0.25) is 0 Å². The minimum Gasteiger partial charge on any atom is -0.340 e. The summed E-state index contributed by atoms with van der Waals surface area (Å²) in [6.45, 7) is 1.10. The lowest BCUT2D eigenvalue weighted by atomic mass is 10.2. The highest BCUT2D eigenvalue weighted by atomic mass is 35.5. The van der Waals surface area contributed by atoms with E-state index in [1.807, 2.05) is 6.19 Å². The first-order valence-corrected chi connectivity index (χ1v) is 9.23. The van der Waals surface area contributed by atoms with Gasteiger partial charge in [-0.3, -0.25) is 14.2 Å². The molecule has 0 saturated heterocycles. The van der Waals surface area contributed by atoms with Crippen LogP contribution in [-0.4, -0.2) is 30.3 Å². The van der Waals surface area contributed by atoms with Crippen molar-refractivity contribution in [2.75, 3.05) is 0 Å². The third-order valence-electron chi connectivity index (χ3n) is 4.64. The lowest BCUT2D eigenvalue weighted by Gasteiger charge is -2.14. The van der Waals surface area contributed by atoms with E-state index in [9.17, 15) is 19.2 Å². The molecule has 10 heteroatoms. The summed E-state index contributed by atoms with van der Waals surface area (Å²) in [5, 5.41) is 9.85. The fourth-order valence-electron chi connectivity index (χ4n) is 3.11. The van der Waals surface area contributed by atoms with Crippen LogP contribution in [0.3, 0.4) is 0 Å². The predicted octanol–water partition coefficient (Wildman–Crippen LogP) is 2.88. The molecule has 1 N–H and O–H groups in total. The Kier molecular flexibility index (Phi) is 4.93. The standard InChI is InChI=1S/C20H14ClFN6O2/c1-11-4-15-16(6-13(11)22)26-18(25-15)8-27(10-23)20(30)9-28-17-5-12(21)2-3-14(17)24-7-19(28)29/h2-7H,8-9H2,1H3,(H,25,26). The maximum absolute atomic E-state index is 13.7. The van der Waals surface area contributed by atoms with E-state index >= 15 is 0 Å². The van der Waals surface area contributed by atoms with E-state index in [0.717, 1.165) is 11.1 Å². The molecule has 2 aromatic heterocycles. The number of carbonyl (C=O) groups excluding carboxylic acids is 1. The van der Waals surface area contributed by atoms with Gasteiger partial charge in [-0.25, -0.2) is 19.3 Å². The van der Waals surface area contributed by atoms with Gasteiger partial charge < -0.3 is 4.98 Å². The molecule has 0 saturated carbocycles. The summed E-state index contributed by atoms with van der Waals surface area (Å²) in [5.41, 5.74) is 1.81. The number of nitriles is 1. The SMILES string of the molecule is Cc1cc2nc(CN(C#N)C(=O)Cn3c(=O)cnc4ccc(Cl)cc43)[nH]c2cc1F. The van der Waals surface area contributed by atoms with Gasteiger partial charge in [0, 0.05) is 5.02 Å². The molecule has 4 rings (SSSR count). The molecule has 30 heavy (non-hydrogen) atoms. The monoisotopic (exact) mass is 424 g/mol. The number of hydrogen-bond donors (Lipinski definition) is 1. The van der Waals surface area contributed by atoms with E-state index in [2.05, 4.69) is 15.0 Å². The van der Waals surface area contributed by atoms with Crippen molar-refractivity contribution in [3.05, 3.63) is 69.1 Å². The van der Waals surface area contributed by atoms with E-state index in [1.165, 1.54) is 16.7 Å². The zero-order valence-electron chi connectivity index (χ0n) is 15.7. The van der Waals surface area contributed by atoms with Crippen molar-refractivity contribution in [1.82, 2.24) is 24.4 Å². The van der Waals surface area contributed by atoms with Crippen molar-refractivity contribution in [3.8, 4) is 6.19 Å². The summed E-state index contributed by atoms with van der Waals surface area (Å²) in [7, 11) is 0. The van der Waals surface area contributed by atoms with Gasteiger partial charge in [-0.1, -0.05) is 11.6 Å². The first-order chi connectivity index (χ1) is 14.4. The molecule has 8 nitrogen and oxygen atoms in total. The summed E-state index contributed by atoms with van der Waals surface area (Å²) in [4.78, 5) is 37.1. The van der Waals surface area contributed by atoms with E-state index in [0.29, 0.717) is 38.5 Å². The smallest absolute Gasteiger partial charge is 0.269 e. The number of halogens is 2. The van der Waals surface area contributed by atoms with Crippen LogP contribution >= 0.6 is 11.6 Å². The third kappa shape index (κ3) is 3.60. The Bertz CT molecular complexity index is 1370. The summed E-state index contributed by atoms with van der Waals surface area (Å²) in [6, 6.07) is 7.68. The zero-order valence-corrected chi connectivity index (χ0v) is 16.4. The lowest BCUT2D eigenvalue weighted by Crippen LogP contribution is -2.33. The molecule has 0 atom stereocenters. The van der Waals surface area contributed by atoms with Crippen molar-refractivity contribution >= 4 is 39.6 Å². The van der Waals surface area contributed by atoms with Crippen molar-refractivity contribution < 1.29 is 9.18 Å². The Morgan fingerprint density at radius 3 is 2.90 bits per heavy atom. The Hall–Kier alpha value is -3.77. The van der Waals surface area contributed by atoms with E-state index in [-0.39, 0.29) is 18.9 Å². The third-order valence-corrected chi connectivity index (χ3v) is 4.88. The molecule has 1 amide bonds. The summed E-state index contributed by atoms with van der Waals surface area (Å²) >= 11 is 6.01. The van der Waals surface area contributed by atoms with Gasteiger partial charge in [-0.05, 0) is 42.8 Å². The average molecular weight is 425 g/mol. The minimum atomic E-state index is -0.616. The molecule has 4 aromatic rings. The van der Waals surface area contributed by atoms with Crippen LogP contribution in [0.15, 0.2) is 41.3 Å². The average Bonchev–Trinajstić information content (AvgIpc) is 3.09. The molecule has 0 radical (unpaired) electrons. The van der Waals surface area contributed by atoms with Crippen LogP contribution in [0.4, 0.5) is 4.39 Å². The second-order valence-electron chi connectivity index (χ2n) is 6.70. The fourth-order valence-corrected chi connectivity index (χ4v) is 3.28. The highest BCUT2D eigenvalue weighted by molar-refractivity contribution is 6.31. The van der Waals surface area contributed by atoms with Crippen LogP contribution in [0.1, 0.15) is 11.4 Å². The van der Waals surface area contributed by atoms with Crippen molar-refractivity contribution in [2.24, 2.45) is 0 Å². The maximum Gasteiger partial charge on any atom is 0.269 e. The number of carbonyl (C=O) groups is 1. The van der Waals surface area contributed by atoms with Crippen molar-refractivity contribution in [3.63, 3.8) is 0 Å². The summed E-state index contributed by atoms with van der Waals surface area (Å²) in [5.74, 6) is -0.678. The van der Waals surface area contributed by atoms with E-state index < -0.39 is 11.5 Å². The molecule has 2 aromatic carbocycles. The van der Waals surface area contributed by atoms with Crippen LogP contribution in [0.5, 0.6) is 0 Å². The number of aromatic amines is 1. The van der Waals surface area contributed by atoms with Gasteiger partial charge in [0.05, 0.1) is 34.8 Å². The summed E-state index contributed by atoms with van der Waals surface area (Å²) in [6.07, 6.45) is 2.92. The highest BCUT2D eigenvalue weighted by Gasteiger charge is 2.18. The van der Waals surface area contributed by atoms with Crippen LogP contribution < -0.4 is 5.56 Å². The number of fused-ring (bicyclic) bond motifs is 2. The largest absolute Gasteiger partial charge is 0.340 e. The highest BCUT2D eigenvalue weighted by Crippen LogP contribution is 2.18. The van der Waals surface area contributed by atoms with Crippen LogP contribution in [0.25, 0.3) is 22.1 Å². The number of hydrogen-bond acceptors (Lipinski definition) is 5. The topological polar surface area (TPSA) is 108 Å². The number of nitrogens with zero attached hydrogens (tertiary/aromatic N) is 5. The molecular formula is C20H14ClFN6O2. The quantitative estimate of drug-likeness (QED) is 0.400. The lowest BCUT2D eigenvalue weighted by molar-refractivity contribution is -0.129. The number of H-pyrrole nitrogens is 1. The molecular weight excluding hydrogens is 411 g/mol. The van der Waals surface area contributed by atoms with Crippen molar-refractivity contribution in [1.29, 1.82) is 5.26 Å². The van der Waals surface area contributed by atoms with Crippen LogP contribution in [0.2, 0.25) is 5.02 Å². The van der Waals surface area contributed by atoms with Gasteiger partial charge in [0.1, 0.15) is 18.2 Å². The molecule has 0 aliphatic heterocycles. The molecule has 0 aliphatic carbocycles. The van der Waals surface area contributed by atoms with E-state index in [1.54, 1.807) is 25.1 Å². The van der Waals surface area contributed by atoms with Crippen LogP contribution in [0, 0.1) is 24.2 Å². The minimum absolute atomic E-state index is 0.150. The zero-order chi connectivity index (χ0) is 21.4. The number of amides is 1. The van der Waals surface area contributed by atoms with Gasteiger partial charge in [0.25, 0.3) is 11.5 Å². The molecule has 0 unspecified atom stereocenters. The number of aryl methyl sites for hydroxylation is 1. The van der Waals surface area contributed by atoms with Crippen LogP contribution in [-0.2, 0) is 17.9 Å². The van der Waals surface area contributed by atoms with Gasteiger partial charge in [-0.15, -0.1) is 0 Å². The Morgan fingerprint density at radius 2 is 2.13 bits per heavy atom. The fraction of sp³-hybridized carbons (Fsp3) is 0.150. The van der Waals surface area contributed by atoms with Gasteiger partial charge >= 0.3 is 0 Å². The molecule has 150 valence electrons. The normalized spacial score (nSPS) is 11.0. The second kappa shape index (κ2) is 7.57.